The molecule has 7 nitrogen and oxygen atoms in total. The molecule has 1 aliphatic heterocycles. The normalized spacial score (nSPS) is 21.2. The first-order chi connectivity index (χ1) is 11.2. The molecular formula is C16H25N5O2. The topological polar surface area (TPSA) is 78.0 Å². The fourth-order valence-electron chi connectivity index (χ4n) is 2.92. The Morgan fingerprint density at radius 3 is 3.04 bits per heavy atom. The fourth-order valence-corrected chi connectivity index (χ4v) is 2.92. The Balaban J connectivity index is 1.59. The summed E-state index contributed by atoms with van der Waals surface area (Å²) in [5.74, 6) is 1.44. The number of nitrogens with one attached hydrogen (secondary N) is 1. The molecule has 2 atom stereocenters. The molecule has 1 fully saturated rings. The summed E-state index contributed by atoms with van der Waals surface area (Å²) in [6.07, 6.45) is 6.00. The lowest BCUT2D eigenvalue weighted by atomic mass is 10.0. The maximum absolute atomic E-state index is 5.91. The summed E-state index contributed by atoms with van der Waals surface area (Å²) in [5.41, 5.74) is 2.29. The van der Waals surface area contributed by atoms with Gasteiger partial charge in [0.05, 0.1) is 12.7 Å². The number of hydrogen-bond acceptors (Lipinski definition) is 6. The molecule has 0 spiro atoms. The third-order valence-corrected chi connectivity index (χ3v) is 4.45. The summed E-state index contributed by atoms with van der Waals surface area (Å²) in [5, 5.41) is 11.8. The van der Waals surface area contributed by atoms with Crippen molar-refractivity contribution in [3.8, 4) is 0 Å². The highest BCUT2D eigenvalue weighted by molar-refractivity contribution is 5.21. The highest BCUT2D eigenvalue weighted by atomic mass is 16.5. The standard InChI is InChI=1S/C16H25N5O2/c1-4-5-6-14-19-15(23-20-14)10-17-13-7-8-22-16(13)12-9-18-21(3)11(12)2/h9,13,16-17H,4-8,10H2,1-3H3/t13-,16+/m0/s1. The lowest BCUT2D eigenvalue weighted by Crippen LogP contribution is -2.31. The van der Waals surface area contributed by atoms with Crippen LogP contribution in [0.4, 0.5) is 0 Å². The van der Waals surface area contributed by atoms with E-state index in [-0.39, 0.29) is 12.1 Å². The molecule has 2 aromatic heterocycles. The van der Waals surface area contributed by atoms with Gasteiger partial charge in [0, 0.05) is 37.4 Å². The van der Waals surface area contributed by atoms with Gasteiger partial charge in [0.15, 0.2) is 5.82 Å². The van der Waals surface area contributed by atoms with Crippen LogP contribution in [0.15, 0.2) is 10.7 Å². The van der Waals surface area contributed by atoms with Crippen LogP contribution in [-0.4, -0.2) is 32.6 Å². The first kappa shape index (κ1) is 16.1. The van der Waals surface area contributed by atoms with Crippen LogP contribution in [0.3, 0.4) is 0 Å². The summed E-state index contributed by atoms with van der Waals surface area (Å²) >= 11 is 0. The monoisotopic (exact) mass is 319 g/mol. The third kappa shape index (κ3) is 3.61. The van der Waals surface area contributed by atoms with Crippen molar-refractivity contribution in [2.45, 2.75) is 58.2 Å². The van der Waals surface area contributed by atoms with Gasteiger partial charge in [-0.25, -0.2) is 0 Å². The first-order valence-electron chi connectivity index (χ1n) is 8.34. The highest BCUT2D eigenvalue weighted by Gasteiger charge is 2.32. The number of aryl methyl sites for hydroxylation is 2. The minimum absolute atomic E-state index is 0.0335. The van der Waals surface area contributed by atoms with Crippen molar-refractivity contribution in [1.29, 1.82) is 0 Å². The maximum atomic E-state index is 5.91. The van der Waals surface area contributed by atoms with E-state index < -0.39 is 0 Å². The number of nitrogens with zero attached hydrogens (tertiary/aromatic N) is 4. The minimum Gasteiger partial charge on any atom is -0.372 e. The van der Waals surface area contributed by atoms with E-state index in [4.69, 9.17) is 9.26 Å². The zero-order valence-corrected chi connectivity index (χ0v) is 14.1. The predicted molar refractivity (Wildman–Crippen MR) is 84.8 cm³/mol. The van der Waals surface area contributed by atoms with Crippen LogP contribution in [0.5, 0.6) is 0 Å². The van der Waals surface area contributed by atoms with Gasteiger partial charge >= 0.3 is 0 Å². The maximum Gasteiger partial charge on any atom is 0.240 e. The Morgan fingerprint density at radius 1 is 1.43 bits per heavy atom. The van der Waals surface area contributed by atoms with Crippen molar-refractivity contribution in [3.63, 3.8) is 0 Å². The van der Waals surface area contributed by atoms with Gasteiger partial charge < -0.3 is 14.6 Å². The molecule has 0 radical (unpaired) electrons. The van der Waals surface area contributed by atoms with E-state index in [9.17, 15) is 0 Å². The molecule has 1 saturated heterocycles. The van der Waals surface area contributed by atoms with Crippen molar-refractivity contribution in [3.05, 3.63) is 29.2 Å². The highest BCUT2D eigenvalue weighted by Crippen LogP contribution is 2.31. The minimum atomic E-state index is 0.0335. The van der Waals surface area contributed by atoms with Gasteiger partial charge in [-0.2, -0.15) is 10.1 Å². The third-order valence-electron chi connectivity index (χ3n) is 4.45. The molecule has 1 N–H and O–H groups in total. The first-order valence-corrected chi connectivity index (χ1v) is 8.34. The smallest absolute Gasteiger partial charge is 0.240 e. The van der Waals surface area contributed by atoms with Crippen LogP contribution in [0, 0.1) is 6.92 Å². The van der Waals surface area contributed by atoms with Crippen LogP contribution in [0.2, 0.25) is 0 Å². The molecule has 0 aromatic carbocycles. The van der Waals surface area contributed by atoms with E-state index in [1.807, 2.05) is 17.9 Å². The Kier molecular flexibility index (Phi) is 5.07. The number of hydrogen-bond donors (Lipinski definition) is 1. The Bertz CT molecular complexity index is 636. The Morgan fingerprint density at radius 2 is 2.30 bits per heavy atom. The quantitative estimate of drug-likeness (QED) is 0.842. The van der Waals surface area contributed by atoms with E-state index in [1.54, 1.807) is 0 Å². The van der Waals surface area contributed by atoms with E-state index >= 15 is 0 Å². The average molecular weight is 319 g/mol. The predicted octanol–water partition coefficient (Wildman–Crippen LogP) is 2.07. The van der Waals surface area contributed by atoms with Gasteiger partial charge in [-0.1, -0.05) is 18.5 Å². The summed E-state index contributed by atoms with van der Waals surface area (Å²) in [6, 6.07) is 0.240. The van der Waals surface area contributed by atoms with Crippen molar-refractivity contribution in [2.24, 2.45) is 7.05 Å². The van der Waals surface area contributed by atoms with Gasteiger partial charge in [-0.3, -0.25) is 4.68 Å². The summed E-state index contributed by atoms with van der Waals surface area (Å²) < 4.78 is 13.1. The second-order valence-electron chi connectivity index (χ2n) is 6.08. The second-order valence-corrected chi connectivity index (χ2v) is 6.08. The molecule has 2 aromatic rings. The number of rotatable bonds is 7. The molecule has 3 rings (SSSR count). The van der Waals surface area contributed by atoms with Crippen molar-refractivity contribution >= 4 is 0 Å². The van der Waals surface area contributed by atoms with Crippen LogP contribution < -0.4 is 5.32 Å². The zero-order chi connectivity index (χ0) is 16.2. The molecule has 1 aliphatic rings. The average Bonchev–Trinajstić information content (AvgIpc) is 3.25. The molecule has 126 valence electrons. The van der Waals surface area contributed by atoms with Crippen molar-refractivity contribution in [1.82, 2.24) is 25.2 Å². The Labute approximate surface area is 136 Å². The lowest BCUT2D eigenvalue weighted by molar-refractivity contribution is 0.0973. The van der Waals surface area contributed by atoms with Crippen molar-refractivity contribution < 1.29 is 9.26 Å². The van der Waals surface area contributed by atoms with Crippen LogP contribution in [0.25, 0.3) is 0 Å². The van der Waals surface area contributed by atoms with Crippen LogP contribution in [0.1, 0.15) is 55.3 Å². The largest absolute Gasteiger partial charge is 0.372 e. The SMILES string of the molecule is CCCCc1noc(CN[C@H]2CCO[C@@H]2c2cnn(C)c2C)n1. The summed E-state index contributed by atoms with van der Waals surface area (Å²) in [7, 11) is 1.95. The van der Waals surface area contributed by atoms with Crippen LogP contribution in [-0.2, 0) is 24.8 Å². The van der Waals surface area contributed by atoms with E-state index in [1.165, 1.54) is 0 Å². The summed E-state index contributed by atoms with van der Waals surface area (Å²) in [6.45, 7) is 5.55. The molecule has 0 amide bonds. The lowest BCUT2D eigenvalue weighted by Gasteiger charge is -2.19. The molecule has 0 saturated carbocycles. The second kappa shape index (κ2) is 7.23. The zero-order valence-electron chi connectivity index (χ0n) is 14.1. The summed E-state index contributed by atoms with van der Waals surface area (Å²) in [4.78, 5) is 4.43. The molecular weight excluding hydrogens is 294 g/mol. The number of unbranched alkanes of at least 4 members (excludes halogenated alkanes) is 1. The van der Waals surface area contributed by atoms with Gasteiger partial charge in [0.25, 0.3) is 0 Å². The van der Waals surface area contributed by atoms with Crippen LogP contribution >= 0.6 is 0 Å². The van der Waals surface area contributed by atoms with E-state index in [2.05, 4.69) is 34.4 Å². The van der Waals surface area contributed by atoms with E-state index in [0.717, 1.165) is 49.4 Å². The van der Waals surface area contributed by atoms with Gasteiger partial charge in [0.2, 0.25) is 5.89 Å². The fraction of sp³-hybridized carbons (Fsp3) is 0.688. The Hall–Kier alpha value is -1.73. The molecule has 7 heteroatoms. The van der Waals surface area contributed by atoms with Gasteiger partial charge in [-0.15, -0.1) is 0 Å². The molecule has 23 heavy (non-hydrogen) atoms. The number of ether oxygens (including phenoxy) is 1. The van der Waals surface area contributed by atoms with Crippen molar-refractivity contribution in [2.75, 3.05) is 6.61 Å². The molecule has 0 aliphatic carbocycles. The van der Waals surface area contributed by atoms with E-state index in [0.29, 0.717) is 12.4 Å². The number of aromatic nitrogens is 4. The van der Waals surface area contributed by atoms with Gasteiger partial charge in [0.1, 0.15) is 6.10 Å². The molecule has 0 unspecified atom stereocenters. The molecule has 3 heterocycles. The van der Waals surface area contributed by atoms with Gasteiger partial charge in [-0.05, 0) is 19.8 Å². The molecule has 0 bridgehead atoms.